The molecule has 0 saturated carbocycles. The summed E-state index contributed by atoms with van der Waals surface area (Å²) in [5.41, 5.74) is 9.67. The van der Waals surface area contributed by atoms with Gasteiger partial charge in [-0.05, 0) is 74.5 Å². The summed E-state index contributed by atoms with van der Waals surface area (Å²) < 4.78 is 23.7. The fraction of sp³-hybridized carbons (Fsp3) is 0.571. The number of phosphoric acid groups is 1. The van der Waals surface area contributed by atoms with Gasteiger partial charge in [-0.25, -0.2) is 9.55 Å². The molecule has 20 nitrogen and oxygen atoms in total. The van der Waals surface area contributed by atoms with Gasteiger partial charge in [-0.1, -0.05) is 94.1 Å². The molecule has 0 spiro atoms. The van der Waals surface area contributed by atoms with Crippen LogP contribution in [0.2, 0.25) is 0 Å². The Morgan fingerprint density at radius 3 is 2.04 bits per heavy atom. The number of likely N-dealkylation sites (tertiary alicyclic amines) is 1. The van der Waals surface area contributed by atoms with Crippen LogP contribution in [0.1, 0.15) is 108 Å². The molecule has 21 heteroatoms. The second-order valence-corrected chi connectivity index (χ2v) is 19.5. The van der Waals surface area contributed by atoms with E-state index in [-0.39, 0.29) is 24.7 Å². The number of hydrogen-bond donors (Lipinski definition) is 8. The van der Waals surface area contributed by atoms with Gasteiger partial charge in [0, 0.05) is 38.3 Å². The number of imidazole rings is 1. The normalized spacial score (nSPS) is 15.9. The predicted octanol–water partition coefficient (Wildman–Crippen LogP) is 2.74. The molecule has 1 aromatic heterocycles. The average Bonchev–Trinajstić information content (AvgIpc) is 3.99. The monoisotopic (exact) mass is 997 g/mol. The third kappa shape index (κ3) is 19.7. The third-order valence-electron chi connectivity index (χ3n) is 12.1. The molecule has 2 heterocycles. The highest BCUT2D eigenvalue weighted by Gasteiger charge is 2.37. The van der Waals surface area contributed by atoms with E-state index in [1.165, 1.54) is 23.0 Å². The predicted molar refractivity (Wildman–Crippen MR) is 260 cm³/mol. The number of nitrogens with zero attached hydrogens (tertiary/aromatic N) is 3. The SMILES string of the molecule is CC(=O)N1CCC[C@H]1C(=O)N[C@@H](CC(C)C)C(=O)N[C@@H](Cc1cncn1CCCCCCCCc1ccc(CCOCc2ccccc2)cc1)C(=O)N[C@@H](CO)C(=O)N[C@H](C(N)=O)[C@@H](C)OP(=O)(O)O. The fourth-order valence-corrected chi connectivity index (χ4v) is 8.91. The van der Waals surface area contributed by atoms with Crippen LogP contribution in [0.15, 0.2) is 67.1 Å². The van der Waals surface area contributed by atoms with Gasteiger partial charge in [0.05, 0.1) is 32.3 Å². The molecule has 0 unspecified atom stereocenters. The molecular formula is C49H73N8O12P. The second kappa shape index (κ2) is 29.0. The fourth-order valence-electron chi connectivity index (χ4n) is 8.36. The van der Waals surface area contributed by atoms with Crippen LogP contribution in [0, 0.1) is 5.92 Å². The van der Waals surface area contributed by atoms with Crippen LogP contribution in [0.4, 0.5) is 0 Å². The van der Waals surface area contributed by atoms with E-state index in [9.17, 15) is 48.2 Å². The van der Waals surface area contributed by atoms with Crippen molar-refractivity contribution in [3.8, 4) is 0 Å². The lowest BCUT2D eigenvalue weighted by atomic mass is 10.0. The Hall–Kier alpha value is -5.50. The molecule has 1 aliphatic heterocycles. The van der Waals surface area contributed by atoms with Gasteiger partial charge in [0.15, 0.2) is 0 Å². The number of phosphoric ester groups is 1. The number of aromatic nitrogens is 2. The zero-order chi connectivity index (χ0) is 51.2. The number of amides is 6. The lowest BCUT2D eigenvalue weighted by Gasteiger charge is -2.28. The second-order valence-electron chi connectivity index (χ2n) is 18.3. The number of hydrogen-bond acceptors (Lipinski definition) is 11. The van der Waals surface area contributed by atoms with Crippen LogP contribution < -0.4 is 27.0 Å². The number of unbranched alkanes of at least 4 members (excludes halogenated alkanes) is 5. The first-order chi connectivity index (χ1) is 33.3. The van der Waals surface area contributed by atoms with Crippen LogP contribution in [0.25, 0.3) is 0 Å². The zero-order valence-corrected chi connectivity index (χ0v) is 41.7. The average molecular weight is 997 g/mol. The van der Waals surface area contributed by atoms with E-state index in [0.717, 1.165) is 63.9 Å². The maximum absolute atomic E-state index is 14.1. The highest BCUT2D eigenvalue weighted by molar-refractivity contribution is 7.46. The smallest absolute Gasteiger partial charge is 0.394 e. The van der Waals surface area contributed by atoms with Crippen molar-refractivity contribution < 1.29 is 57.5 Å². The van der Waals surface area contributed by atoms with Crippen molar-refractivity contribution in [1.82, 2.24) is 35.7 Å². The summed E-state index contributed by atoms with van der Waals surface area (Å²) in [4.78, 5) is 104. The van der Waals surface area contributed by atoms with Gasteiger partial charge in [-0.3, -0.25) is 33.3 Å². The number of carbonyl (C=O) groups excluding carboxylic acids is 6. The number of aliphatic hydroxyl groups is 1. The van der Waals surface area contributed by atoms with Crippen molar-refractivity contribution in [3.63, 3.8) is 0 Å². The summed E-state index contributed by atoms with van der Waals surface area (Å²) in [6, 6.07) is 12.1. The molecule has 386 valence electrons. The number of carbonyl (C=O) groups is 6. The Balaban J connectivity index is 1.35. The van der Waals surface area contributed by atoms with Gasteiger partial charge < -0.3 is 56.1 Å². The van der Waals surface area contributed by atoms with Crippen molar-refractivity contribution in [2.45, 2.75) is 154 Å². The van der Waals surface area contributed by atoms with E-state index in [1.54, 1.807) is 12.5 Å². The number of ether oxygens (including phenoxy) is 1. The summed E-state index contributed by atoms with van der Waals surface area (Å²) in [6.45, 7) is 7.42. The lowest BCUT2D eigenvalue weighted by molar-refractivity contribution is -0.139. The van der Waals surface area contributed by atoms with E-state index >= 15 is 0 Å². The third-order valence-corrected chi connectivity index (χ3v) is 12.7. The van der Waals surface area contributed by atoms with Crippen molar-refractivity contribution >= 4 is 43.3 Å². The van der Waals surface area contributed by atoms with Crippen LogP contribution in [-0.2, 0) is 75.0 Å². The summed E-state index contributed by atoms with van der Waals surface area (Å²) in [7, 11) is -5.12. The molecule has 6 atom stereocenters. The first kappa shape index (κ1) is 57.1. The van der Waals surface area contributed by atoms with Gasteiger partial charge in [0.2, 0.25) is 35.4 Å². The van der Waals surface area contributed by atoms with Gasteiger partial charge in [-0.15, -0.1) is 0 Å². The first-order valence-corrected chi connectivity index (χ1v) is 25.7. The van der Waals surface area contributed by atoms with E-state index in [0.29, 0.717) is 44.8 Å². The minimum atomic E-state index is -5.12. The Labute approximate surface area is 410 Å². The maximum atomic E-state index is 14.1. The van der Waals surface area contributed by atoms with Gasteiger partial charge in [-0.2, -0.15) is 0 Å². The number of benzene rings is 2. The lowest BCUT2D eigenvalue weighted by Crippen LogP contribution is -2.61. The molecule has 1 saturated heterocycles. The van der Waals surface area contributed by atoms with Gasteiger partial charge in [0.1, 0.15) is 30.2 Å². The van der Waals surface area contributed by atoms with E-state index in [2.05, 4.69) is 67.2 Å². The number of rotatable bonds is 31. The van der Waals surface area contributed by atoms with Gasteiger partial charge in [0.25, 0.3) is 0 Å². The zero-order valence-electron chi connectivity index (χ0n) is 40.8. The Kier molecular flexibility index (Phi) is 23.6. The molecule has 70 heavy (non-hydrogen) atoms. The van der Waals surface area contributed by atoms with Crippen molar-refractivity contribution in [3.05, 3.63) is 89.5 Å². The molecular weight excluding hydrogens is 924 g/mol. The number of aryl methyl sites for hydroxylation is 2. The largest absolute Gasteiger partial charge is 0.469 e. The molecule has 6 amide bonds. The minimum Gasteiger partial charge on any atom is -0.394 e. The van der Waals surface area contributed by atoms with Crippen LogP contribution >= 0.6 is 7.82 Å². The number of aliphatic hydroxyl groups excluding tert-OH is 1. The number of primary amides is 1. The Morgan fingerprint density at radius 1 is 0.800 bits per heavy atom. The highest BCUT2D eigenvalue weighted by Crippen LogP contribution is 2.38. The van der Waals surface area contributed by atoms with Crippen molar-refractivity contribution in [2.75, 3.05) is 19.8 Å². The summed E-state index contributed by atoms with van der Waals surface area (Å²) in [5, 5.41) is 20.3. The summed E-state index contributed by atoms with van der Waals surface area (Å²) in [6.07, 6.45) is 10.5. The molecule has 2 aromatic carbocycles. The maximum Gasteiger partial charge on any atom is 0.469 e. The summed E-state index contributed by atoms with van der Waals surface area (Å²) in [5.74, 6) is -4.85. The van der Waals surface area contributed by atoms with E-state index in [4.69, 9.17) is 10.5 Å². The highest BCUT2D eigenvalue weighted by atomic mass is 31.2. The standard InChI is InChI=1S/C49H73N8O12P/c1-33(2)27-40(53-49(64)43-18-14-25-57(43)35(4)59)46(61)52-41(47(62)54-42(30-58)48(63)55-44(45(50)60)34(3)69-70(65,66)67)28-39-29-51-32-56(39)24-13-8-6-5-7-10-15-36-19-21-37(22-20-36)23-26-68-31-38-16-11-9-12-17-38/h9,11-12,16-17,19-22,29,32-34,40-44,58H,5-8,10,13-15,18,23-28,30-31H2,1-4H3,(H2,50,60)(H,52,61)(H,53,64)(H,54,62)(H,55,63)(H2,65,66,67)/t34-,40+,41+,42+,43+,44+/m1/s1. The molecule has 4 rings (SSSR count). The minimum absolute atomic E-state index is 0.0886. The van der Waals surface area contributed by atoms with Crippen LogP contribution in [0.5, 0.6) is 0 Å². The van der Waals surface area contributed by atoms with Crippen molar-refractivity contribution in [2.24, 2.45) is 11.7 Å². The summed E-state index contributed by atoms with van der Waals surface area (Å²) >= 11 is 0. The van der Waals surface area contributed by atoms with Crippen molar-refractivity contribution in [1.29, 1.82) is 0 Å². The van der Waals surface area contributed by atoms with Crippen LogP contribution in [0.3, 0.4) is 0 Å². The molecule has 0 bridgehead atoms. The number of nitrogens with two attached hydrogens (primary N) is 1. The Morgan fingerprint density at radius 2 is 1.41 bits per heavy atom. The first-order valence-electron chi connectivity index (χ1n) is 24.2. The topological polar surface area (TPSA) is 294 Å². The molecule has 1 aliphatic rings. The van der Waals surface area contributed by atoms with E-state index in [1.807, 2.05) is 36.6 Å². The molecule has 0 aliphatic carbocycles. The quantitative estimate of drug-likeness (QED) is 0.0340. The van der Waals surface area contributed by atoms with E-state index < -0.39 is 80.3 Å². The molecule has 1 fully saturated rings. The van der Waals surface area contributed by atoms with Crippen LogP contribution in [-0.4, -0.2) is 121 Å². The molecule has 0 radical (unpaired) electrons. The van der Waals surface area contributed by atoms with Gasteiger partial charge >= 0.3 is 7.82 Å². The number of nitrogens with one attached hydrogen (secondary N) is 4. The molecule has 9 N–H and O–H groups in total. The Bertz CT molecular complexity index is 2190. The molecule has 3 aromatic rings.